The van der Waals surface area contributed by atoms with E-state index in [1.54, 1.807) is 0 Å². The number of ether oxygens (including phenoxy) is 1. The Balaban J connectivity index is 1.45. The van der Waals surface area contributed by atoms with E-state index in [1.165, 1.54) is 55.8 Å². The molecule has 0 spiro atoms. The maximum Gasteiger partial charge on any atom is 0.122 e. The average Bonchev–Trinajstić information content (AvgIpc) is 2.65. The first-order valence-corrected chi connectivity index (χ1v) is 9.88. The zero-order valence-electron chi connectivity index (χ0n) is 16.3. The van der Waals surface area contributed by atoms with Gasteiger partial charge in [0.25, 0.3) is 0 Å². The molecule has 3 nitrogen and oxygen atoms in total. The Morgan fingerprint density at radius 1 is 0.923 bits per heavy atom. The van der Waals surface area contributed by atoms with Crippen molar-refractivity contribution >= 4 is 0 Å². The maximum atomic E-state index is 6.14. The van der Waals surface area contributed by atoms with Gasteiger partial charge in [-0.05, 0) is 50.6 Å². The zero-order valence-corrected chi connectivity index (χ0v) is 16.3. The van der Waals surface area contributed by atoms with E-state index in [2.05, 4.69) is 72.3 Å². The molecule has 2 aromatic rings. The molecular formula is C23H32N2O. The predicted molar refractivity (Wildman–Crippen MR) is 109 cm³/mol. The molecule has 1 heterocycles. The Kier molecular flexibility index (Phi) is 7.10. The quantitative estimate of drug-likeness (QED) is 0.668. The molecular weight excluding hydrogens is 320 g/mol. The topological polar surface area (TPSA) is 15.7 Å². The van der Waals surface area contributed by atoms with Gasteiger partial charge in [-0.1, -0.05) is 48.0 Å². The number of rotatable bonds is 8. The van der Waals surface area contributed by atoms with Gasteiger partial charge in [-0.3, -0.25) is 0 Å². The second kappa shape index (κ2) is 9.75. The van der Waals surface area contributed by atoms with E-state index in [1.807, 2.05) is 0 Å². The van der Waals surface area contributed by atoms with Crippen molar-refractivity contribution in [3.05, 3.63) is 65.2 Å². The van der Waals surface area contributed by atoms with Gasteiger partial charge in [-0.25, -0.2) is 0 Å². The van der Waals surface area contributed by atoms with Crippen LogP contribution in [0.25, 0.3) is 0 Å². The van der Waals surface area contributed by atoms with Crippen molar-refractivity contribution in [1.82, 2.24) is 9.80 Å². The van der Waals surface area contributed by atoms with E-state index in [4.69, 9.17) is 4.74 Å². The minimum atomic E-state index is 0.804. The zero-order chi connectivity index (χ0) is 18.2. The number of piperazine rings is 1. The maximum absolute atomic E-state index is 6.14. The first-order chi connectivity index (χ1) is 12.7. The normalized spacial score (nSPS) is 15.9. The number of benzene rings is 2. The summed E-state index contributed by atoms with van der Waals surface area (Å²) >= 11 is 0. The van der Waals surface area contributed by atoms with Crippen LogP contribution in [0, 0.1) is 6.92 Å². The van der Waals surface area contributed by atoms with Gasteiger partial charge in [0.2, 0.25) is 0 Å². The number of nitrogens with zero attached hydrogens (tertiary/aromatic N) is 2. The SMILES string of the molecule is Cc1ccc(OCCCCN2CCN(C)CC2)c(Cc2ccccc2)c1. The van der Waals surface area contributed by atoms with E-state index >= 15 is 0 Å². The van der Waals surface area contributed by atoms with Crippen LogP contribution < -0.4 is 4.74 Å². The van der Waals surface area contributed by atoms with E-state index in [0.717, 1.165) is 25.2 Å². The van der Waals surface area contributed by atoms with Crippen molar-refractivity contribution in [1.29, 1.82) is 0 Å². The van der Waals surface area contributed by atoms with Crippen molar-refractivity contribution in [3.63, 3.8) is 0 Å². The second-order valence-electron chi connectivity index (χ2n) is 7.47. The Hall–Kier alpha value is -1.84. The minimum absolute atomic E-state index is 0.804. The summed E-state index contributed by atoms with van der Waals surface area (Å²) in [6.07, 6.45) is 3.26. The molecule has 140 valence electrons. The summed E-state index contributed by atoms with van der Waals surface area (Å²) in [6, 6.07) is 17.2. The molecule has 0 N–H and O–H groups in total. The molecule has 0 saturated carbocycles. The lowest BCUT2D eigenvalue weighted by atomic mass is 10.0. The Bertz CT molecular complexity index is 663. The first-order valence-electron chi connectivity index (χ1n) is 9.88. The largest absolute Gasteiger partial charge is 0.493 e. The van der Waals surface area contributed by atoms with Gasteiger partial charge in [0, 0.05) is 32.6 Å². The van der Waals surface area contributed by atoms with Crippen molar-refractivity contribution in [2.45, 2.75) is 26.2 Å². The van der Waals surface area contributed by atoms with Gasteiger partial charge >= 0.3 is 0 Å². The van der Waals surface area contributed by atoms with Gasteiger partial charge in [0.05, 0.1) is 6.61 Å². The van der Waals surface area contributed by atoms with Gasteiger partial charge < -0.3 is 14.5 Å². The molecule has 1 aliphatic rings. The molecule has 1 aliphatic heterocycles. The molecule has 0 unspecified atom stereocenters. The third-order valence-electron chi connectivity index (χ3n) is 5.18. The molecule has 1 saturated heterocycles. The monoisotopic (exact) mass is 352 g/mol. The smallest absolute Gasteiger partial charge is 0.122 e. The second-order valence-corrected chi connectivity index (χ2v) is 7.47. The number of likely N-dealkylation sites (N-methyl/N-ethyl adjacent to an activating group) is 1. The van der Waals surface area contributed by atoms with E-state index < -0.39 is 0 Å². The number of hydrogen-bond acceptors (Lipinski definition) is 3. The van der Waals surface area contributed by atoms with Crippen LogP contribution in [0.4, 0.5) is 0 Å². The third kappa shape index (κ3) is 5.86. The summed E-state index contributed by atoms with van der Waals surface area (Å²) < 4.78 is 6.14. The fourth-order valence-corrected chi connectivity index (χ4v) is 3.49. The highest BCUT2D eigenvalue weighted by Crippen LogP contribution is 2.23. The van der Waals surface area contributed by atoms with Crippen LogP contribution in [0.3, 0.4) is 0 Å². The molecule has 0 atom stereocenters. The number of hydrogen-bond donors (Lipinski definition) is 0. The standard InChI is InChI=1S/C23H32N2O/c1-20-10-11-23(22(18-20)19-21-8-4-3-5-9-21)26-17-7-6-12-25-15-13-24(2)14-16-25/h3-5,8-11,18H,6-7,12-17,19H2,1-2H3. The molecule has 26 heavy (non-hydrogen) atoms. The predicted octanol–water partition coefficient (Wildman–Crippen LogP) is 3.99. The summed E-state index contributed by atoms with van der Waals surface area (Å²) in [6.45, 7) is 8.95. The van der Waals surface area contributed by atoms with Crippen LogP contribution in [0.1, 0.15) is 29.5 Å². The molecule has 0 aliphatic carbocycles. The van der Waals surface area contributed by atoms with E-state index in [-0.39, 0.29) is 0 Å². The fraction of sp³-hybridized carbons (Fsp3) is 0.478. The highest BCUT2D eigenvalue weighted by Gasteiger charge is 2.12. The van der Waals surface area contributed by atoms with E-state index in [0.29, 0.717) is 0 Å². The van der Waals surface area contributed by atoms with Crippen molar-refractivity contribution in [2.75, 3.05) is 46.4 Å². The van der Waals surface area contributed by atoms with Gasteiger partial charge in [-0.15, -0.1) is 0 Å². The fourth-order valence-electron chi connectivity index (χ4n) is 3.49. The number of aryl methyl sites for hydroxylation is 1. The summed E-state index contributed by atoms with van der Waals surface area (Å²) in [5.41, 5.74) is 3.91. The lowest BCUT2D eigenvalue weighted by Gasteiger charge is -2.32. The third-order valence-corrected chi connectivity index (χ3v) is 5.18. The molecule has 0 radical (unpaired) electrons. The van der Waals surface area contributed by atoms with Crippen molar-refractivity contribution in [3.8, 4) is 5.75 Å². The van der Waals surface area contributed by atoms with Crippen LogP contribution in [0.5, 0.6) is 5.75 Å². The molecule has 1 fully saturated rings. The Morgan fingerprint density at radius 3 is 2.46 bits per heavy atom. The van der Waals surface area contributed by atoms with Crippen LogP contribution in [-0.2, 0) is 6.42 Å². The minimum Gasteiger partial charge on any atom is -0.493 e. The highest BCUT2D eigenvalue weighted by molar-refractivity contribution is 5.40. The summed E-state index contributed by atoms with van der Waals surface area (Å²) in [5, 5.41) is 0. The first kappa shape index (κ1) is 18.9. The van der Waals surface area contributed by atoms with Crippen LogP contribution in [0.2, 0.25) is 0 Å². The Morgan fingerprint density at radius 2 is 1.69 bits per heavy atom. The van der Waals surface area contributed by atoms with Gasteiger partial charge in [-0.2, -0.15) is 0 Å². The van der Waals surface area contributed by atoms with Gasteiger partial charge in [0.15, 0.2) is 0 Å². The highest BCUT2D eigenvalue weighted by atomic mass is 16.5. The Labute approximate surface area is 158 Å². The van der Waals surface area contributed by atoms with Gasteiger partial charge in [0.1, 0.15) is 5.75 Å². The average molecular weight is 353 g/mol. The van der Waals surface area contributed by atoms with Crippen LogP contribution in [-0.4, -0.2) is 56.2 Å². The summed E-state index contributed by atoms with van der Waals surface area (Å²) in [5.74, 6) is 1.04. The van der Waals surface area contributed by atoms with Crippen molar-refractivity contribution in [2.24, 2.45) is 0 Å². The lowest BCUT2D eigenvalue weighted by Crippen LogP contribution is -2.44. The molecule has 2 aromatic carbocycles. The molecule has 0 amide bonds. The molecule has 3 rings (SSSR count). The summed E-state index contributed by atoms with van der Waals surface area (Å²) in [7, 11) is 2.21. The van der Waals surface area contributed by atoms with Crippen molar-refractivity contribution < 1.29 is 4.74 Å². The number of unbranched alkanes of at least 4 members (excludes halogenated alkanes) is 1. The lowest BCUT2D eigenvalue weighted by molar-refractivity contribution is 0.150. The molecule has 0 bridgehead atoms. The molecule has 0 aromatic heterocycles. The van der Waals surface area contributed by atoms with E-state index in [9.17, 15) is 0 Å². The molecule has 3 heteroatoms. The van der Waals surface area contributed by atoms with Crippen LogP contribution in [0.15, 0.2) is 48.5 Å². The van der Waals surface area contributed by atoms with Crippen LogP contribution >= 0.6 is 0 Å². The summed E-state index contributed by atoms with van der Waals surface area (Å²) in [4.78, 5) is 4.98.